The summed E-state index contributed by atoms with van der Waals surface area (Å²) in [6.45, 7) is 1.32. The third kappa shape index (κ3) is 2.43. The molecule has 0 saturated heterocycles. The molecule has 16 heavy (non-hydrogen) atoms. The van der Waals surface area contributed by atoms with Crippen molar-refractivity contribution in [1.82, 2.24) is 20.1 Å². The number of hydrogen-bond donors (Lipinski definition) is 1. The first-order chi connectivity index (χ1) is 7.79. The molecule has 2 aromatic rings. The second kappa shape index (κ2) is 4.85. The molecule has 0 amide bonds. The summed E-state index contributed by atoms with van der Waals surface area (Å²) in [6.07, 6.45) is 1.68. The number of nitrogens with zero attached hydrogens (tertiary/aromatic N) is 3. The van der Waals surface area contributed by atoms with Crippen molar-refractivity contribution >= 4 is 0 Å². The lowest BCUT2D eigenvalue weighted by molar-refractivity contribution is 0.625. The number of benzene rings is 1. The molecule has 0 fully saturated rings. The van der Waals surface area contributed by atoms with Gasteiger partial charge in [0, 0.05) is 0 Å². The van der Waals surface area contributed by atoms with Gasteiger partial charge in [0.15, 0.2) is 0 Å². The molecule has 0 spiro atoms. The van der Waals surface area contributed by atoms with Crippen LogP contribution in [-0.2, 0) is 13.1 Å². The third-order valence-electron chi connectivity index (χ3n) is 2.30. The summed E-state index contributed by atoms with van der Waals surface area (Å²) < 4.78 is 14.7. The van der Waals surface area contributed by atoms with E-state index >= 15 is 0 Å². The van der Waals surface area contributed by atoms with Crippen LogP contribution in [0.1, 0.15) is 11.4 Å². The summed E-state index contributed by atoms with van der Waals surface area (Å²) in [4.78, 5) is 0. The van der Waals surface area contributed by atoms with Gasteiger partial charge >= 0.3 is 0 Å². The third-order valence-corrected chi connectivity index (χ3v) is 2.30. The van der Waals surface area contributed by atoms with Crippen molar-refractivity contribution in [3.8, 4) is 0 Å². The maximum absolute atomic E-state index is 12.7. The molecule has 2 rings (SSSR count). The van der Waals surface area contributed by atoms with Crippen LogP contribution in [0.15, 0.2) is 30.6 Å². The van der Waals surface area contributed by atoms with E-state index in [0.29, 0.717) is 13.1 Å². The largest absolute Gasteiger partial charge is 0.313 e. The second-order valence-corrected chi connectivity index (χ2v) is 3.53. The van der Waals surface area contributed by atoms with Crippen LogP contribution in [0.2, 0.25) is 0 Å². The minimum absolute atomic E-state index is 0.219. The van der Waals surface area contributed by atoms with Crippen LogP contribution in [0, 0.1) is 5.82 Å². The van der Waals surface area contributed by atoms with E-state index in [1.165, 1.54) is 12.1 Å². The van der Waals surface area contributed by atoms with E-state index in [0.717, 1.165) is 11.4 Å². The summed E-state index contributed by atoms with van der Waals surface area (Å²) in [5.41, 5.74) is 1.03. The zero-order valence-electron chi connectivity index (χ0n) is 9.02. The van der Waals surface area contributed by atoms with Crippen molar-refractivity contribution in [2.24, 2.45) is 0 Å². The Morgan fingerprint density at radius 1 is 1.31 bits per heavy atom. The van der Waals surface area contributed by atoms with Crippen molar-refractivity contribution < 1.29 is 4.39 Å². The zero-order valence-corrected chi connectivity index (χ0v) is 9.02. The van der Waals surface area contributed by atoms with Gasteiger partial charge in [-0.25, -0.2) is 4.39 Å². The quantitative estimate of drug-likeness (QED) is 0.841. The van der Waals surface area contributed by atoms with Crippen molar-refractivity contribution in [2.75, 3.05) is 7.05 Å². The van der Waals surface area contributed by atoms with Gasteiger partial charge in [-0.1, -0.05) is 12.1 Å². The van der Waals surface area contributed by atoms with Gasteiger partial charge in [0.1, 0.15) is 18.0 Å². The van der Waals surface area contributed by atoms with Crippen LogP contribution in [0.4, 0.5) is 4.39 Å². The lowest BCUT2D eigenvalue weighted by Gasteiger charge is -2.06. The molecule has 84 valence electrons. The van der Waals surface area contributed by atoms with Gasteiger partial charge in [-0.05, 0) is 24.7 Å². The highest BCUT2D eigenvalue weighted by Crippen LogP contribution is 2.06. The molecule has 0 saturated carbocycles. The predicted molar refractivity (Wildman–Crippen MR) is 58.3 cm³/mol. The molecule has 0 radical (unpaired) electrons. The number of rotatable bonds is 4. The SMILES string of the molecule is CNCc1nncn1Cc1ccc(F)cc1. The Morgan fingerprint density at radius 3 is 2.75 bits per heavy atom. The number of nitrogens with one attached hydrogen (secondary N) is 1. The fraction of sp³-hybridized carbons (Fsp3) is 0.273. The van der Waals surface area contributed by atoms with Crippen LogP contribution >= 0.6 is 0 Å². The Morgan fingerprint density at radius 2 is 2.06 bits per heavy atom. The smallest absolute Gasteiger partial charge is 0.147 e. The molecular formula is C11H13FN4. The van der Waals surface area contributed by atoms with Gasteiger partial charge in [0.2, 0.25) is 0 Å². The van der Waals surface area contributed by atoms with Crippen molar-refractivity contribution in [2.45, 2.75) is 13.1 Å². The fourth-order valence-electron chi connectivity index (χ4n) is 1.49. The maximum atomic E-state index is 12.7. The van der Waals surface area contributed by atoms with E-state index < -0.39 is 0 Å². The van der Waals surface area contributed by atoms with Crippen LogP contribution in [-0.4, -0.2) is 21.8 Å². The Hall–Kier alpha value is -1.75. The van der Waals surface area contributed by atoms with E-state index in [2.05, 4.69) is 15.5 Å². The minimum Gasteiger partial charge on any atom is -0.313 e. The zero-order chi connectivity index (χ0) is 11.4. The molecule has 0 aliphatic rings. The van der Waals surface area contributed by atoms with Crippen LogP contribution in [0.25, 0.3) is 0 Å². The summed E-state index contributed by atoms with van der Waals surface area (Å²) in [5.74, 6) is 0.648. The minimum atomic E-state index is -0.219. The first kappa shape index (κ1) is 10.8. The Labute approximate surface area is 93.1 Å². The first-order valence-electron chi connectivity index (χ1n) is 5.05. The molecule has 0 aliphatic carbocycles. The highest BCUT2D eigenvalue weighted by Gasteiger charge is 2.03. The van der Waals surface area contributed by atoms with E-state index in [1.54, 1.807) is 18.5 Å². The van der Waals surface area contributed by atoms with Gasteiger partial charge in [-0.3, -0.25) is 0 Å². The van der Waals surface area contributed by atoms with Gasteiger partial charge in [-0.2, -0.15) is 0 Å². The van der Waals surface area contributed by atoms with Gasteiger partial charge in [-0.15, -0.1) is 10.2 Å². The average Bonchev–Trinajstić information content (AvgIpc) is 2.70. The van der Waals surface area contributed by atoms with E-state index in [1.807, 2.05) is 11.6 Å². The molecule has 1 aromatic heterocycles. The summed E-state index contributed by atoms with van der Waals surface area (Å²) in [7, 11) is 1.86. The lowest BCUT2D eigenvalue weighted by Crippen LogP contribution is -2.12. The van der Waals surface area contributed by atoms with Gasteiger partial charge < -0.3 is 9.88 Å². The van der Waals surface area contributed by atoms with E-state index in [-0.39, 0.29) is 5.82 Å². The van der Waals surface area contributed by atoms with Crippen LogP contribution < -0.4 is 5.32 Å². The van der Waals surface area contributed by atoms with Crippen molar-refractivity contribution in [1.29, 1.82) is 0 Å². The Balaban J connectivity index is 2.13. The molecule has 1 aromatic carbocycles. The van der Waals surface area contributed by atoms with Gasteiger partial charge in [0.05, 0.1) is 13.1 Å². The summed E-state index contributed by atoms with van der Waals surface area (Å²) in [6, 6.07) is 6.44. The first-order valence-corrected chi connectivity index (χ1v) is 5.05. The number of hydrogen-bond acceptors (Lipinski definition) is 3. The molecule has 1 heterocycles. The van der Waals surface area contributed by atoms with Crippen molar-refractivity contribution in [3.05, 3.63) is 47.8 Å². The maximum Gasteiger partial charge on any atom is 0.147 e. The lowest BCUT2D eigenvalue weighted by atomic mass is 10.2. The molecular weight excluding hydrogens is 207 g/mol. The standard InChI is InChI=1S/C11H13FN4/c1-13-6-11-15-14-8-16(11)7-9-2-4-10(12)5-3-9/h2-5,8,13H,6-7H2,1H3. The monoisotopic (exact) mass is 220 g/mol. The van der Waals surface area contributed by atoms with Crippen molar-refractivity contribution in [3.63, 3.8) is 0 Å². The Bertz CT molecular complexity index is 449. The topological polar surface area (TPSA) is 42.7 Å². The summed E-state index contributed by atoms with van der Waals surface area (Å²) in [5, 5.41) is 10.9. The molecule has 4 nitrogen and oxygen atoms in total. The summed E-state index contributed by atoms with van der Waals surface area (Å²) >= 11 is 0. The molecule has 0 bridgehead atoms. The van der Waals surface area contributed by atoms with E-state index in [4.69, 9.17) is 0 Å². The molecule has 0 atom stereocenters. The van der Waals surface area contributed by atoms with E-state index in [9.17, 15) is 4.39 Å². The Kier molecular flexibility index (Phi) is 3.26. The fourth-order valence-corrected chi connectivity index (χ4v) is 1.49. The molecule has 5 heteroatoms. The normalized spacial score (nSPS) is 10.6. The molecule has 0 unspecified atom stereocenters. The number of halogens is 1. The average molecular weight is 220 g/mol. The highest BCUT2D eigenvalue weighted by atomic mass is 19.1. The highest BCUT2D eigenvalue weighted by molar-refractivity contribution is 5.16. The van der Waals surface area contributed by atoms with Crippen LogP contribution in [0.5, 0.6) is 0 Å². The second-order valence-electron chi connectivity index (χ2n) is 3.53. The number of aromatic nitrogens is 3. The predicted octanol–water partition coefficient (Wildman–Crippen LogP) is 1.18. The molecule has 1 N–H and O–H groups in total. The van der Waals surface area contributed by atoms with Crippen LogP contribution in [0.3, 0.4) is 0 Å². The van der Waals surface area contributed by atoms with Gasteiger partial charge in [0.25, 0.3) is 0 Å². The molecule has 0 aliphatic heterocycles.